The number of hydrogen-bond donors (Lipinski definition) is 2. The lowest BCUT2D eigenvalue weighted by molar-refractivity contribution is -0.158. The summed E-state index contributed by atoms with van der Waals surface area (Å²) in [6.07, 6.45) is 5.99. The predicted octanol–water partition coefficient (Wildman–Crippen LogP) is 3.10. The van der Waals surface area contributed by atoms with Crippen molar-refractivity contribution in [3.05, 3.63) is 30.0 Å². The number of fused-ring (bicyclic) bond motifs is 4. The van der Waals surface area contributed by atoms with Crippen molar-refractivity contribution in [3.8, 4) is 11.5 Å². The maximum Gasteiger partial charge on any atom is 0.243 e. The topological polar surface area (TPSA) is 74.3 Å². The van der Waals surface area contributed by atoms with Crippen molar-refractivity contribution in [1.29, 1.82) is 0 Å². The number of rotatable bonds is 3. The average Bonchev–Trinajstić information content (AvgIpc) is 3.21. The molecule has 0 saturated carbocycles. The summed E-state index contributed by atoms with van der Waals surface area (Å²) in [6, 6.07) is 3.71. The molecule has 5 rings (SSSR count). The lowest BCUT2D eigenvalue weighted by Crippen LogP contribution is -2.69. The van der Waals surface area contributed by atoms with Crippen LogP contribution in [0.5, 0.6) is 11.5 Å². The smallest absolute Gasteiger partial charge is 0.243 e. The molecule has 2 N–H and O–H groups in total. The van der Waals surface area contributed by atoms with Gasteiger partial charge in [0, 0.05) is 32.6 Å². The zero-order valence-electron chi connectivity index (χ0n) is 19.8. The first-order valence-corrected chi connectivity index (χ1v) is 11.8. The molecule has 4 aliphatic rings. The molecular weight excluding hydrogens is 406 g/mol. The van der Waals surface area contributed by atoms with E-state index in [0.717, 1.165) is 49.7 Å². The zero-order valence-corrected chi connectivity index (χ0v) is 19.8. The predicted molar refractivity (Wildman–Crippen MR) is 123 cm³/mol. The highest BCUT2D eigenvalue weighted by molar-refractivity contribution is 5.85. The van der Waals surface area contributed by atoms with Crippen LogP contribution in [0, 0.1) is 0 Å². The number of carbonyl (C=O) groups excluding carboxylic acids is 1. The fraction of sp³-hybridized carbons (Fsp3) is 0.640. The molecule has 2 unspecified atom stereocenters. The summed E-state index contributed by atoms with van der Waals surface area (Å²) in [4.78, 5) is 17.5. The van der Waals surface area contributed by atoms with E-state index in [1.165, 1.54) is 5.56 Å². The van der Waals surface area contributed by atoms with Gasteiger partial charge < -0.3 is 24.8 Å². The van der Waals surface area contributed by atoms with Crippen molar-refractivity contribution in [2.45, 2.75) is 75.7 Å². The molecule has 1 aromatic carbocycles. The number of benzene rings is 1. The molecule has 2 saturated heterocycles. The van der Waals surface area contributed by atoms with Crippen LogP contribution in [0.15, 0.2) is 24.5 Å². The normalized spacial score (nSPS) is 35.3. The Kier molecular flexibility index (Phi) is 4.81. The fourth-order valence-corrected chi connectivity index (χ4v) is 6.08. The molecule has 2 fully saturated rings. The van der Waals surface area contributed by atoms with Gasteiger partial charge in [-0.15, -0.1) is 0 Å². The van der Waals surface area contributed by atoms with Crippen molar-refractivity contribution in [2.75, 3.05) is 32.0 Å². The molecule has 1 amide bonds. The van der Waals surface area contributed by atoms with Gasteiger partial charge in [-0.05, 0) is 57.7 Å². The van der Waals surface area contributed by atoms with Crippen molar-refractivity contribution < 1.29 is 19.4 Å². The van der Waals surface area contributed by atoms with Gasteiger partial charge in [-0.2, -0.15) is 0 Å². The minimum absolute atomic E-state index is 0.0396. The largest absolute Gasteiger partial charge is 0.480 e. The van der Waals surface area contributed by atoms with Crippen LogP contribution in [-0.2, 0) is 4.79 Å². The maximum absolute atomic E-state index is 13.4. The number of nitrogens with zero attached hydrogens (tertiary/aromatic N) is 2. The number of ether oxygens (including phenoxy) is 2. The van der Waals surface area contributed by atoms with Gasteiger partial charge in [0.05, 0.1) is 23.1 Å². The Balaban J connectivity index is 1.44. The summed E-state index contributed by atoms with van der Waals surface area (Å²) >= 11 is 0. The van der Waals surface area contributed by atoms with E-state index < -0.39 is 17.2 Å². The van der Waals surface area contributed by atoms with Crippen LogP contribution < -0.4 is 14.8 Å². The van der Waals surface area contributed by atoms with E-state index in [4.69, 9.17) is 9.47 Å². The highest BCUT2D eigenvalue weighted by Crippen LogP contribution is 2.50. The Hall–Kier alpha value is -2.25. The van der Waals surface area contributed by atoms with E-state index in [2.05, 4.69) is 23.2 Å². The van der Waals surface area contributed by atoms with Gasteiger partial charge in [0.1, 0.15) is 11.6 Å². The quantitative estimate of drug-likeness (QED) is 0.751. The molecule has 1 aromatic rings. The molecule has 0 spiro atoms. The summed E-state index contributed by atoms with van der Waals surface area (Å²) in [7, 11) is 1.92. The number of amides is 1. The SMILES string of the molecule is CC[C@@]1(CC2CNc3c2ccc2c3OC=CC(C)(C)O2)CN2CC[C@@](C)(O)C2C(=O)N1C. The van der Waals surface area contributed by atoms with E-state index in [1.54, 1.807) is 13.2 Å². The first kappa shape index (κ1) is 21.6. The fourth-order valence-electron chi connectivity index (χ4n) is 6.08. The van der Waals surface area contributed by atoms with Crippen LogP contribution in [0.3, 0.4) is 0 Å². The van der Waals surface area contributed by atoms with Crippen LogP contribution in [0.25, 0.3) is 0 Å². The molecular formula is C25H35N3O4. The third kappa shape index (κ3) is 3.20. The third-order valence-corrected chi connectivity index (χ3v) is 8.06. The van der Waals surface area contributed by atoms with Crippen LogP contribution in [-0.4, -0.2) is 70.3 Å². The summed E-state index contributed by atoms with van der Waals surface area (Å²) in [5.74, 6) is 1.78. The Morgan fingerprint density at radius 3 is 2.81 bits per heavy atom. The first-order valence-electron chi connectivity index (χ1n) is 11.8. The standard InChI is InChI=1S/C25H35N3O4/c1-6-25(15-28-11-9-24(4,30)21(28)22(29)27(25)5)13-16-14-26-19-17(16)7-8-18-20(19)31-12-10-23(2,3)32-18/h7-8,10,12,16,21,26,30H,6,9,11,13-15H2,1-5H3/t16?,21?,24-,25-/m1/s1. The van der Waals surface area contributed by atoms with E-state index in [0.29, 0.717) is 6.42 Å². The molecule has 0 aliphatic carbocycles. The Labute approximate surface area is 190 Å². The number of piperazine rings is 1. The van der Waals surface area contributed by atoms with E-state index >= 15 is 0 Å². The van der Waals surface area contributed by atoms with Crippen molar-refractivity contribution in [1.82, 2.24) is 9.80 Å². The molecule has 0 aromatic heterocycles. The van der Waals surface area contributed by atoms with Crippen LogP contribution >= 0.6 is 0 Å². The summed E-state index contributed by atoms with van der Waals surface area (Å²) in [6.45, 7) is 10.3. The van der Waals surface area contributed by atoms with Gasteiger partial charge in [-0.3, -0.25) is 9.69 Å². The minimum Gasteiger partial charge on any atom is -0.480 e. The van der Waals surface area contributed by atoms with Crippen LogP contribution in [0.2, 0.25) is 0 Å². The molecule has 174 valence electrons. The molecule has 7 nitrogen and oxygen atoms in total. The van der Waals surface area contributed by atoms with Gasteiger partial charge in [0.25, 0.3) is 0 Å². The van der Waals surface area contributed by atoms with E-state index in [1.807, 2.05) is 37.9 Å². The maximum atomic E-state index is 13.4. The Morgan fingerprint density at radius 2 is 2.06 bits per heavy atom. The van der Waals surface area contributed by atoms with Crippen LogP contribution in [0.1, 0.15) is 58.4 Å². The highest BCUT2D eigenvalue weighted by Gasteiger charge is 2.56. The molecule has 4 heterocycles. The number of anilines is 1. The molecule has 4 atom stereocenters. The van der Waals surface area contributed by atoms with Crippen LogP contribution in [0.4, 0.5) is 5.69 Å². The van der Waals surface area contributed by atoms with Gasteiger partial charge in [-0.1, -0.05) is 13.0 Å². The third-order valence-electron chi connectivity index (χ3n) is 8.06. The Bertz CT molecular complexity index is 972. The van der Waals surface area contributed by atoms with Gasteiger partial charge in [0.2, 0.25) is 5.91 Å². The van der Waals surface area contributed by atoms with Gasteiger partial charge in [-0.25, -0.2) is 0 Å². The molecule has 0 bridgehead atoms. The summed E-state index contributed by atoms with van der Waals surface area (Å²) in [5.41, 5.74) is 0.553. The van der Waals surface area contributed by atoms with Gasteiger partial charge >= 0.3 is 0 Å². The monoisotopic (exact) mass is 441 g/mol. The zero-order chi connectivity index (χ0) is 22.9. The summed E-state index contributed by atoms with van der Waals surface area (Å²) < 4.78 is 12.1. The second-order valence-corrected chi connectivity index (χ2v) is 10.7. The molecule has 32 heavy (non-hydrogen) atoms. The van der Waals surface area contributed by atoms with Crippen molar-refractivity contribution in [2.24, 2.45) is 0 Å². The highest BCUT2D eigenvalue weighted by atomic mass is 16.5. The Morgan fingerprint density at radius 1 is 1.28 bits per heavy atom. The van der Waals surface area contributed by atoms with E-state index in [9.17, 15) is 9.90 Å². The lowest BCUT2D eigenvalue weighted by atomic mass is 9.78. The first-order chi connectivity index (χ1) is 15.1. The molecule has 7 heteroatoms. The molecule has 4 aliphatic heterocycles. The number of likely N-dealkylation sites (N-methyl/N-ethyl adjacent to an activating group) is 1. The van der Waals surface area contributed by atoms with E-state index in [-0.39, 0.29) is 17.4 Å². The number of aliphatic hydroxyl groups is 1. The lowest BCUT2D eigenvalue weighted by Gasteiger charge is -2.52. The molecule has 0 radical (unpaired) electrons. The number of hydrogen-bond acceptors (Lipinski definition) is 6. The minimum atomic E-state index is -0.955. The average molecular weight is 442 g/mol. The summed E-state index contributed by atoms with van der Waals surface area (Å²) in [5, 5.41) is 14.3. The number of nitrogens with one attached hydrogen (secondary N) is 1. The van der Waals surface area contributed by atoms with Gasteiger partial charge in [0.15, 0.2) is 11.5 Å². The van der Waals surface area contributed by atoms with Crippen molar-refractivity contribution in [3.63, 3.8) is 0 Å². The second kappa shape index (κ2) is 7.12. The number of carbonyl (C=O) groups is 1. The van der Waals surface area contributed by atoms with Crippen molar-refractivity contribution >= 4 is 11.6 Å². The second-order valence-electron chi connectivity index (χ2n) is 10.7.